The van der Waals surface area contributed by atoms with Crippen LogP contribution in [0.15, 0.2) is 146 Å². The first kappa shape index (κ1) is 37.9. The van der Waals surface area contributed by atoms with E-state index in [0.29, 0.717) is 83.3 Å². The lowest BCUT2D eigenvalue weighted by Gasteiger charge is -2.66. The first-order valence-corrected chi connectivity index (χ1v) is 24.8. The van der Waals surface area contributed by atoms with Crippen molar-refractivity contribution in [3.8, 4) is 0 Å². The first-order valence-electron chi connectivity index (χ1n) is 24.8. The molecule has 4 saturated carbocycles. The van der Waals surface area contributed by atoms with Crippen LogP contribution in [0, 0.1) is 47.3 Å². The van der Waals surface area contributed by atoms with Crippen LogP contribution in [0.25, 0.3) is 21.5 Å². The maximum atomic E-state index is 4.05. The molecule has 3 aliphatic heterocycles. The third-order valence-electron chi connectivity index (χ3n) is 18.6. The molecule has 0 spiro atoms. The van der Waals surface area contributed by atoms with E-state index in [2.05, 4.69) is 166 Å². The molecule has 6 aromatic rings. The van der Waals surface area contributed by atoms with Gasteiger partial charge in [-0.05, 0) is 194 Å². The van der Waals surface area contributed by atoms with Crippen LogP contribution >= 0.6 is 0 Å². The van der Waals surface area contributed by atoms with Gasteiger partial charge in [0.25, 0.3) is 0 Å². The monoisotopic (exact) mass is 817 g/mol. The summed E-state index contributed by atoms with van der Waals surface area (Å²) in [5.41, 5.74) is 6.21. The number of anilines is 2. The van der Waals surface area contributed by atoms with E-state index in [9.17, 15) is 0 Å². The predicted octanol–water partition coefficient (Wildman–Crippen LogP) is 11.7. The van der Waals surface area contributed by atoms with Crippen LogP contribution in [0.3, 0.4) is 0 Å². The Kier molecular flexibility index (Phi) is 9.51. The second-order valence-corrected chi connectivity index (χ2v) is 21.0. The van der Waals surface area contributed by atoms with Gasteiger partial charge in [-0.25, -0.2) is 0 Å². The Labute approximate surface area is 369 Å². The van der Waals surface area contributed by atoms with Crippen molar-refractivity contribution in [3.63, 3.8) is 0 Å². The number of rotatable bonds is 4. The summed E-state index contributed by atoms with van der Waals surface area (Å²) in [5.74, 6) is 6.51. The molecule has 6 aromatic carbocycles. The van der Waals surface area contributed by atoms with Gasteiger partial charge >= 0.3 is 0 Å². The Morgan fingerprint density at radius 1 is 0.339 bits per heavy atom. The largest absolute Gasteiger partial charge is 0.365 e. The molecular weight excluding hydrogens is 753 g/mol. The average Bonchev–Trinajstić information content (AvgIpc) is 3.34. The van der Waals surface area contributed by atoms with Crippen molar-refractivity contribution in [2.75, 3.05) is 36.0 Å². The Balaban J connectivity index is 1.03. The average molecular weight is 817 g/mol. The topological polar surface area (TPSA) is 30.5 Å². The van der Waals surface area contributed by atoms with E-state index >= 15 is 0 Å². The predicted molar refractivity (Wildman–Crippen MR) is 257 cm³/mol. The highest BCUT2D eigenvalue weighted by atomic mass is 15.3. The number of hydrogen-bond acceptors (Lipinski definition) is 4. The zero-order chi connectivity index (χ0) is 40.7. The minimum Gasteiger partial charge on any atom is -0.365 e. The smallest absolute Gasteiger partial charge is 0.0371 e. The first-order chi connectivity index (χ1) is 30.8. The molecular formula is C58H64N4. The molecule has 4 aliphatic carbocycles. The van der Waals surface area contributed by atoms with Gasteiger partial charge in [-0.15, -0.1) is 0 Å². The molecule has 0 aromatic heterocycles. The maximum absolute atomic E-state index is 4.05. The van der Waals surface area contributed by atoms with Crippen molar-refractivity contribution in [2.45, 2.75) is 87.4 Å². The molecule has 7 fully saturated rings. The van der Waals surface area contributed by atoms with Crippen molar-refractivity contribution in [1.29, 1.82) is 0 Å². The number of fused-ring (bicyclic) bond motifs is 2. The molecule has 7 aliphatic rings. The molecule has 62 heavy (non-hydrogen) atoms. The summed E-state index contributed by atoms with van der Waals surface area (Å²) >= 11 is 0. The van der Waals surface area contributed by atoms with Crippen molar-refractivity contribution < 1.29 is 0 Å². The molecule has 316 valence electrons. The number of nitrogens with zero attached hydrogens (tertiary/aromatic N) is 2. The second-order valence-electron chi connectivity index (χ2n) is 21.0. The van der Waals surface area contributed by atoms with E-state index in [1.165, 1.54) is 97.4 Å². The van der Waals surface area contributed by atoms with Crippen LogP contribution in [0.4, 0.5) is 11.4 Å². The van der Waals surface area contributed by atoms with E-state index in [4.69, 9.17) is 0 Å². The third kappa shape index (κ3) is 6.13. The highest BCUT2D eigenvalue weighted by Gasteiger charge is 2.60. The summed E-state index contributed by atoms with van der Waals surface area (Å²) in [4.78, 5) is 6.38. The Morgan fingerprint density at radius 3 is 1.21 bits per heavy atom. The van der Waals surface area contributed by atoms with E-state index < -0.39 is 0 Å². The molecule has 4 heteroatoms. The maximum Gasteiger partial charge on any atom is 0.0371 e. The zero-order valence-electron chi connectivity index (χ0n) is 36.3. The summed E-state index contributed by atoms with van der Waals surface area (Å²) in [6.45, 7) is 4.63. The van der Waals surface area contributed by atoms with Crippen LogP contribution in [0.1, 0.15) is 74.3 Å². The molecule has 0 radical (unpaired) electrons. The van der Waals surface area contributed by atoms with Crippen LogP contribution < -0.4 is 20.4 Å². The highest BCUT2D eigenvalue weighted by Crippen LogP contribution is 2.61. The highest BCUT2D eigenvalue weighted by molar-refractivity contribution is 5.87. The van der Waals surface area contributed by atoms with Gasteiger partial charge in [-0.3, -0.25) is 0 Å². The molecule has 2 N–H and O–H groups in total. The summed E-state index contributed by atoms with van der Waals surface area (Å²) in [5, 5.41) is 13.9. The molecule has 13 rings (SSSR count). The Bertz CT molecular complexity index is 2350. The van der Waals surface area contributed by atoms with Crippen LogP contribution in [-0.2, 0) is 0 Å². The van der Waals surface area contributed by atoms with Gasteiger partial charge in [0.15, 0.2) is 0 Å². The van der Waals surface area contributed by atoms with Gasteiger partial charge in [0, 0.05) is 35.5 Å². The number of hydrogen-bond donors (Lipinski definition) is 2. The fourth-order valence-electron chi connectivity index (χ4n) is 16.4. The van der Waals surface area contributed by atoms with Gasteiger partial charge in [0.2, 0.25) is 0 Å². The van der Waals surface area contributed by atoms with Gasteiger partial charge < -0.3 is 20.4 Å². The van der Waals surface area contributed by atoms with E-state index in [1.807, 2.05) is 0 Å². The van der Waals surface area contributed by atoms with Gasteiger partial charge in [0.1, 0.15) is 0 Å². The van der Waals surface area contributed by atoms with Gasteiger partial charge in [0.05, 0.1) is 0 Å². The van der Waals surface area contributed by atoms with E-state index in [0.717, 1.165) is 13.1 Å². The zero-order valence-corrected chi connectivity index (χ0v) is 36.3. The Hall–Kier alpha value is -4.64. The fourth-order valence-corrected chi connectivity index (χ4v) is 16.4. The third-order valence-corrected chi connectivity index (χ3v) is 18.6. The van der Waals surface area contributed by atoms with Gasteiger partial charge in [-0.1, -0.05) is 121 Å². The minimum atomic E-state index is 0.503. The molecule has 8 bridgehead atoms. The number of benzene rings is 6. The summed E-state index contributed by atoms with van der Waals surface area (Å²) in [7, 11) is 0. The number of para-hydroxylation sites is 2. The fraction of sp³-hybridized carbons (Fsp3) is 0.448. The van der Waals surface area contributed by atoms with Crippen molar-refractivity contribution in [2.24, 2.45) is 47.3 Å². The van der Waals surface area contributed by atoms with E-state index in [-0.39, 0.29) is 0 Å². The van der Waals surface area contributed by atoms with Crippen LogP contribution in [0.5, 0.6) is 0 Å². The second kappa shape index (κ2) is 15.6. The minimum absolute atomic E-state index is 0.503. The Morgan fingerprint density at radius 2 is 0.742 bits per heavy atom. The van der Waals surface area contributed by atoms with Crippen LogP contribution in [0.2, 0.25) is 0 Å². The standard InChI is InChI=1S/C58H64N4/c1-3-17-41(18-4-1)61-55-31-39(45-23-11-15-37-13-7-9-21-43(37)45)29-49-51(55)34-58(48-26-28-60-36-54(48)49)62(42-19-5-2-6-20-42)56-32-40(46-24-12-16-38-14-8-10-22-44(38)46)30-50-52(56)33-57(61)47-25-27-59-35-53(47)50/h1-24,39-40,47-60H,25-36H2. The summed E-state index contributed by atoms with van der Waals surface area (Å²) < 4.78 is 0. The normalized spacial score (nSPS) is 36.4. The van der Waals surface area contributed by atoms with Gasteiger partial charge in [-0.2, -0.15) is 0 Å². The molecule has 3 heterocycles. The lowest BCUT2D eigenvalue weighted by Crippen LogP contribution is -2.69. The van der Waals surface area contributed by atoms with Crippen molar-refractivity contribution >= 4 is 32.9 Å². The van der Waals surface area contributed by atoms with Crippen molar-refractivity contribution in [1.82, 2.24) is 10.6 Å². The molecule has 3 saturated heterocycles. The quantitative estimate of drug-likeness (QED) is 0.186. The number of piperidine rings is 2. The van der Waals surface area contributed by atoms with Crippen LogP contribution in [-0.4, -0.2) is 50.3 Å². The summed E-state index contributed by atoms with van der Waals surface area (Å²) in [6.07, 6.45) is 10.3. The molecule has 14 atom stereocenters. The van der Waals surface area contributed by atoms with E-state index in [1.54, 1.807) is 11.1 Å². The lowest BCUT2D eigenvalue weighted by molar-refractivity contribution is -0.0420. The molecule has 0 amide bonds. The molecule has 4 nitrogen and oxygen atoms in total. The summed E-state index contributed by atoms with van der Waals surface area (Å²) in [6, 6.07) is 59.1. The van der Waals surface area contributed by atoms with Crippen molar-refractivity contribution in [3.05, 3.63) is 157 Å². The lowest BCUT2D eigenvalue weighted by atomic mass is 9.51. The number of nitrogens with one attached hydrogen (secondary N) is 2. The SMILES string of the molecule is c1ccc(N2C3CC(c4cccc5ccccc45)CC4C5CNCCC5C(CC43)N(c3ccccc3)C3CC(c4cccc5ccccc45)CC4C5CNCCC5C2CC43)cc1. The molecule has 14 unspecified atom stereocenters.